The lowest BCUT2D eigenvalue weighted by molar-refractivity contribution is 0.0697. The summed E-state index contributed by atoms with van der Waals surface area (Å²) in [6.45, 7) is 0. The van der Waals surface area contributed by atoms with E-state index in [2.05, 4.69) is 9.97 Å². The Balaban J connectivity index is 2.14. The quantitative estimate of drug-likeness (QED) is 0.791. The van der Waals surface area contributed by atoms with Crippen molar-refractivity contribution in [1.29, 1.82) is 0 Å². The maximum Gasteiger partial charge on any atom is 0.335 e. The number of halogens is 1. The number of aromatic nitrogens is 2. The second kappa shape index (κ2) is 5.75. The lowest BCUT2D eigenvalue weighted by Gasteiger charge is -2.05. The van der Waals surface area contributed by atoms with Gasteiger partial charge in [-0.25, -0.2) is 9.78 Å². The summed E-state index contributed by atoms with van der Waals surface area (Å²) in [5.74, 6) is -0.398. The number of aryl methyl sites for hydroxylation is 2. The average Bonchev–Trinajstić information content (AvgIpc) is 2.36. The summed E-state index contributed by atoms with van der Waals surface area (Å²) in [5.41, 5.74) is 6.10. The van der Waals surface area contributed by atoms with Crippen LogP contribution in [0.5, 0.6) is 0 Å². The number of benzene rings is 1. The molecule has 0 unspecified atom stereocenters. The van der Waals surface area contributed by atoms with Crippen molar-refractivity contribution in [2.24, 2.45) is 0 Å². The van der Waals surface area contributed by atoms with E-state index >= 15 is 0 Å². The number of anilines is 1. The first-order valence-corrected chi connectivity index (χ1v) is 6.21. The number of nitrogen functional groups attached to an aromatic ring is 1. The highest BCUT2D eigenvalue weighted by atomic mass is 35.5. The van der Waals surface area contributed by atoms with Crippen molar-refractivity contribution in [2.75, 3.05) is 5.73 Å². The second-order valence-corrected chi connectivity index (χ2v) is 4.64. The van der Waals surface area contributed by atoms with E-state index in [0.717, 1.165) is 5.56 Å². The van der Waals surface area contributed by atoms with Gasteiger partial charge in [-0.15, -0.1) is 0 Å². The maximum atomic E-state index is 11.2. The molecule has 0 radical (unpaired) electrons. The molecule has 6 nitrogen and oxygen atoms in total. The highest BCUT2D eigenvalue weighted by molar-refractivity contribution is 6.31. The lowest BCUT2D eigenvalue weighted by Crippen LogP contribution is -2.13. The Labute approximate surface area is 119 Å². The predicted molar refractivity (Wildman–Crippen MR) is 75.1 cm³/mol. The molecule has 0 fully saturated rings. The summed E-state index contributed by atoms with van der Waals surface area (Å²) in [6, 6.07) is 5.74. The predicted octanol–water partition coefficient (Wildman–Crippen LogP) is 1.49. The Morgan fingerprint density at radius 3 is 2.70 bits per heavy atom. The van der Waals surface area contributed by atoms with Gasteiger partial charge in [0, 0.05) is 17.5 Å². The summed E-state index contributed by atoms with van der Waals surface area (Å²) in [5, 5.41) is 9.22. The van der Waals surface area contributed by atoms with Crippen LogP contribution in [0.25, 0.3) is 0 Å². The topological polar surface area (TPSA) is 109 Å². The number of aromatic amines is 1. The number of H-pyrrole nitrogens is 1. The lowest BCUT2D eigenvalue weighted by atomic mass is 10.1. The highest BCUT2D eigenvalue weighted by Crippen LogP contribution is 2.19. The van der Waals surface area contributed by atoms with Crippen molar-refractivity contribution in [2.45, 2.75) is 12.8 Å². The van der Waals surface area contributed by atoms with Crippen LogP contribution in [0.1, 0.15) is 21.7 Å². The number of rotatable bonds is 4. The molecular weight excluding hydrogens is 282 g/mol. The van der Waals surface area contributed by atoms with Gasteiger partial charge in [0.25, 0.3) is 5.56 Å². The van der Waals surface area contributed by atoms with Gasteiger partial charge in [0.15, 0.2) is 0 Å². The molecule has 0 saturated carbocycles. The molecule has 1 heterocycles. The van der Waals surface area contributed by atoms with Crippen LogP contribution in [0.3, 0.4) is 0 Å². The van der Waals surface area contributed by atoms with Gasteiger partial charge in [-0.1, -0.05) is 17.7 Å². The number of nitrogens with zero attached hydrogens (tertiary/aromatic N) is 1. The number of hydrogen-bond donors (Lipinski definition) is 3. The van der Waals surface area contributed by atoms with Gasteiger partial charge in [-0.2, -0.15) is 0 Å². The minimum Gasteiger partial charge on any atom is -0.478 e. The Hall–Kier alpha value is -2.34. The third kappa shape index (κ3) is 3.36. The van der Waals surface area contributed by atoms with Crippen molar-refractivity contribution >= 4 is 23.4 Å². The zero-order chi connectivity index (χ0) is 14.7. The summed E-state index contributed by atoms with van der Waals surface area (Å²) in [4.78, 5) is 28.6. The van der Waals surface area contributed by atoms with Crippen molar-refractivity contribution in [3.05, 3.63) is 56.6 Å². The number of aromatic carboxylic acids is 1. The summed E-state index contributed by atoms with van der Waals surface area (Å²) < 4.78 is 0. The van der Waals surface area contributed by atoms with Crippen molar-refractivity contribution in [3.63, 3.8) is 0 Å². The average molecular weight is 294 g/mol. The molecule has 7 heteroatoms. The normalized spacial score (nSPS) is 10.4. The molecule has 2 rings (SSSR count). The van der Waals surface area contributed by atoms with Gasteiger partial charge in [0.2, 0.25) is 0 Å². The molecule has 0 bridgehead atoms. The number of nitrogens with one attached hydrogen (secondary N) is 1. The highest BCUT2D eigenvalue weighted by Gasteiger charge is 2.08. The molecule has 0 aliphatic carbocycles. The number of nitrogens with two attached hydrogens (primary N) is 1. The fourth-order valence-electron chi connectivity index (χ4n) is 1.78. The van der Waals surface area contributed by atoms with E-state index in [-0.39, 0.29) is 16.9 Å². The maximum absolute atomic E-state index is 11.2. The van der Waals surface area contributed by atoms with Crippen LogP contribution in [0, 0.1) is 0 Å². The fourth-order valence-corrected chi connectivity index (χ4v) is 2.06. The van der Waals surface area contributed by atoms with Crippen molar-refractivity contribution in [3.8, 4) is 0 Å². The fraction of sp³-hybridized carbons (Fsp3) is 0.154. The SMILES string of the molecule is Nc1cc(=O)[nH]c(CCc2ccc(C(=O)O)cc2Cl)n1. The molecule has 20 heavy (non-hydrogen) atoms. The van der Waals surface area contributed by atoms with E-state index < -0.39 is 5.97 Å². The van der Waals surface area contributed by atoms with Gasteiger partial charge < -0.3 is 15.8 Å². The molecular formula is C13H12ClN3O3. The van der Waals surface area contributed by atoms with Crippen LogP contribution < -0.4 is 11.3 Å². The molecule has 0 atom stereocenters. The van der Waals surface area contributed by atoms with Crippen LogP contribution in [-0.2, 0) is 12.8 Å². The van der Waals surface area contributed by atoms with Crippen LogP contribution in [0.4, 0.5) is 5.82 Å². The third-order valence-corrected chi connectivity index (χ3v) is 3.09. The monoisotopic (exact) mass is 293 g/mol. The van der Waals surface area contributed by atoms with Crippen molar-refractivity contribution < 1.29 is 9.90 Å². The zero-order valence-electron chi connectivity index (χ0n) is 10.4. The molecule has 0 amide bonds. The first-order chi connectivity index (χ1) is 9.45. The van der Waals surface area contributed by atoms with Crippen LogP contribution >= 0.6 is 11.6 Å². The number of hydrogen-bond acceptors (Lipinski definition) is 4. The molecule has 0 aliphatic rings. The van der Waals surface area contributed by atoms with E-state index in [4.69, 9.17) is 22.4 Å². The van der Waals surface area contributed by atoms with E-state index in [1.807, 2.05) is 0 Å². The summed E-state index contributed by atoms with van der Waals surface area (Å²) in [7, 11) is 0. The van der Waals surface area contributed by atoms with Gasteiger partial charge >= 0.3 is 5.97 Å². The van der Waals surface area contributed by atoms with Gasteiger partial charge in [0.1, 0.15) is 11.6 Å². The summed E-state index contributed by atoms with van der Waals surface area (Å²) in [6.07, 6.45) is 0.970. The Bertz CT molecular complexity index is 712. The largest absolute Gasteiger partial charge is 0.478 e. The molecule has 1 aromatic carbocycles. The Kier molecular flexibility index (Phi) is 4.05. The minimum atomic E-state index is -1.03. The van der Waals surface area contributed by atoms with E-state index in [1.54, 1.807) is 6.07 Å². The van der Waals surface area contributed by atoms with Crippen LogP contribution in [-0.4, -0.2) is 21.0 Å². The molecule has 0 aliphatic heterocycles. The molecule has 0 saturated heterocycles. The van der Waals surface area contributed by atoms with Crippen molar-refractivity contribution in [1.82, 2.24) is 9.97 Å². The second-order valence-electron chi connectivity index (χ2n) is 4.23. The first kappa shape index (κ1) is 14.1. The standard InChI is InChI=1S/C13H12ClN3O3/c14-9-5-8(13(19)20)2-1-7(9)3-4-11-16-10(15)6-12(18)17-11/h1-2,5-6H,3-4H2,(H,19,20)(H3,15,16,17,18). The van der Waals surface area contributed by atoms with Crippen LogP contribution in [0.2, 0.25) is 5.02 Å². The van der Waals surface area contributed by atoms with Gasteiger partial charge in [-0.3, -0.25) is 4.79 Å². The number of carbonyl (C=O) groups is 1. The first-order valence-electron chi connectivity index (χ1n) is 5.83. The Morgan fingerprint density at radius 1 is 1.35 bits per heavy atom. The Morgan fingerprint density at radius 2 is 2.10 bits per heavy atom. The van der Waals surface area contributed by atoms with E-state index in [1.165, 1.54) is 18.2 Å². The minimum absolute atomic E-state index is 0.134. The van der Waals surface area contributed by atoms with Gasteiger partial charge in [0.05, 0.1) is 5.56 Å². The molecule has 104 valence electrons. The molecule has 0 spiro atoms. The van der Waals surface area contributed by atoms with E-state index in [0.29, 0.717) is 23.7 Å². The smallest absolute Gasteiger partial charge is 0.335 e. The number of carboxylic acids is 1. The van der Waals surface area contributed by atoms with Gasteiger partial charge in [-0.05, 0) is 24.1 Å². The zero-order valence-corrected chi connectivity index (χ0v) is 11.1. The number of carboxylic acid groups (broad SMARTS) is 1. The van der Waals surface area contributed by atoms with E-state index in [9.17, 15) is 9.59 Å². The molecule has 2 aromatic rings. The summed E-state index contributed by atoms with van der Waals surface area (Å²) >= 11 is 6.02. The molecule has 4 N–H and O–H groups in total. The van der Waals surface area contributed by atoms with Crippen LogP contribution in [0.15, 0.2) is 29.1 Å². The molecule has 1 aromatic heterocycles. The third-order valence-electron chi connectivity index (χ3n) is 2.74.